The van der Waals surface area contributed by atoms with Gasteiger partial charge in [0.05, 0.1) is 5.41 Å². The second-order valence-electron chi connectivity index (χ2n) is 6.11. The Kier molecular flexibility index (Phi) is 13.6. The van der Waals surface area contributed by atoms with Crippen LogP contribution in [0.25, 0.3) is 0 Å². The minimum absolute atomic E-state index is 0.116. The molecular weight excluding hydrogens is 314 g/mol. The van der Waals surface area contributed by atoms with E-state index in [4.69, 9.17) is 9.90 Å². The van der Waals surface area contributed by atoms with E-state index in [0.29, 0.717) is 0 Å². The number of ether oxygens (including phenoxy) is 1. The number of ketones is 1. The Bertz CT molecular complexity index is 409. The van der Waals surface area contributed by atoms with Crippen LogP contribution in [0, 0.1) is 5.41 Å². The molecule has 1 atom stereocenters. The molecule has 0 aromatic carbocycles. The van der Waals surface area contributed by atoms with E-state index in [1.54, 1.807) is 0 Å². The molecule has 0 aliphatic carbocycles. The second-order valence-corrected chi connectivity index (χ2v) is 6.11. The molecule has 0 saturated carbocycles. The molecule has 7 heteroatoms. The average molecular weight is 343 g/mol. The number of Topliss-reactive ketones (excluding diaryl/α,β-unsaturated/α-hetero) is 1. The van der Waals surface area contributed by atoms with Crippen molar-refractivity contribution in [2.24, 2.45) is 5.41 Å². The molecule has 0 radical (unpaired) electrons. The minimum Gasteiger partial charge on any atom is -0.483 e. The van der Waals surface area contributed by atoms with Gasteiger partial charge in [0.1, 0.15) is 6.61 Å². The van der Waals surface area contributed by atoms with E-state index in [2.05, 4.69) is 30.2 Å². The van der Waals surface area contributed by atoms with E-state index >= 15 is 0 Å². The molecule has 138 valence electrons. The van der Waals surface area contributed by atoms with Crippen LogP contribution in [0.1, 0.15) is 40.0 Å². The van der Waals surface area contributed by atoms with Crippen LogP contribution >= 0.6 is 0 Å². The highest BCUT2D eigenvalue weighted by Crippen LogP contribution is 2.15. The Morgan fingerprint density at radius 1 is 1.33 bits per heavy atom. The summed E-state index contributed by atoms with van der Waals surface area (Å²) < 4.78 is 4.64. The van der Waals surface area contributed by atoms with E-state index < -0.39 is 17.2 Å². The first-order valence-corrected chi connectivity index (χ1v) is 7.73. The molecule has 0 aromatic rings. The van der Waals surface area contributed by atoms with Gasteiger partial charge in [-0.25, -0.2) is 4.79 Å². The standard InChI is InChI=1S/C9H12O4.C7H15N.CH2O2/c1-4-8(12)13-6-9(2,3)7(11)5-10;1-7-5-3-4-6-8(7)2;2-1-3/h4-5H,1,6H2,2-3H3;7H,3-6H2,1-2H3;1H,(H,2,3). The molecule has 1 heterocycles. The summed E-state index contributed by atoms with van der Waals surface area (Å²) >= 11 is 0. The third kappa shape index (κ3) is 11.5. The van der Waals surface area contributed by atoms with Crippen LogP contribution < -0.4 is 0 Å². The lowest BCUT2D eigenvalue weighted by atomic mass is 9.90. The van der Waals surface area contributed by atoms with Gasteiger partial charge in [-0.15, -0.1) is 0 Å². The molecule has 0 aromatic heterocycles. The summed E-state index contributed by atoms with van der Waals surface area (Å²) in [6.45, 7) is 9.50. The first-order chi connectivity index (χ1) is 11.2. The lowest BCUT2D eigenvalue weighted by Crippen LogP contribution is -2.33. The lowest BCUT2D eigenvalue weighted by molar-refractivity contribution is -0.146. The number of piperidine rings is 1. The van der Waals surface area contributed by atoms with Crippen molar-refractivity contribution in [1.29, 1.82) is 0 Å². The Hall–Kier alpha value is -2.02. The first-order valence-electron chi connectivity index (χ1n) is 7.73. The molecule has 7 nitrogen and oxygen atoms in total. The van der Waals surface area contributed by atoms with Crippen LogP contribution in [-0.2, 0) is 23.9 Å². The zero-order chi connectivity index (χ0) is 19.2. The van der Waals surface area contributed by atoms with Crippen molar-refractivity contribution in [3.05, 3.63) is 12.7 Å². The molecule has 24 heavy (non-hydrogen) atoms. The molecular formula is C17H29NO6. The first kappa shape index (κ1) is 24.2. The van der Waals surface area contributed by atoms with E-state index in [-0.39, 0.29) is 19.4 Å². The number of aldehydes is 1. The van der Waals surface area contributed by atoms with Gasteiger partial charge in [0, 0.05) is 12.1 Å². The molecule has 1 unspecified atom stereocenters. The van der Waals surface area contributed by atoms with E-state index in [1.807, 2.05) is 0 Å². The van der Waals surface area contributed by atoms with Crippen molar-refractivity contribution in [3.63, 3.8) is 0 Å². The maximum atomic E-state index is 10.9. The summed E-state index contributed by atoms with van der Waals surface area (Å²) in [5, 5.41) is 6.89. The Morgan fingerprint density at radius 2 is 1.88 bits per heavy atom. The van der Waals surface area contributed by atoms with Gasteiger partial charge in [0.2, 0.25) is 5.78 Å². The van der Waals surface area contributed by atoms with Crippen molar-refractivity contribution in [2.75, 3.05) is 20.2 Å². The highest BCUT2D eigenvalue weighted by molar-refractivity contribution is 6.27. The van der Waals surface area contributed by atoms with Gasteiger partial charge in [0.25, 0.3) is 6.47 Å². The van der Waals surface area contributed by atoms with Crippen LogP contribution in [0.2, 0.25) is 0 Å². The van der Waals surface area contributed by atoms with E-state index in [1.165, 1.54) is 39.7 Å². The van der Waals surface area contributed by atoms with Crippen LogP contribution in [0.4, 0.5) is 0 Å². The zero-order valence-corrected chi connectivity index (χ0v) is 15.0. The fourth-order valence-corrected chi connectivity index (χ4v) is 1.78. The van der Waals surface area contributed by atoms with Gasteiger partial charge < -0.3 is 14.7 Å². The highest BCUT2D eigenvalue weighted by Gasteiger charge is 2.28. The predicted molar refractivity (Wildman–Crippen MR) is 90.6 cm³/mol. The Morgan fingerprint density at radius 3 is 2.21 bits per heavy atom. The number of hydrogen-bond donors (Lipinski definition) is 1. The summed E-state index contributed by atoms with van der Waals surface area (Å²) in [6.07, 6.45) is 5.46. The summed E-state index contributed by atoms with van der Waals surface area (Å²) in [6, 6.07) is 0.837. The molecule has 1 N–H and O–H groups in total. The lowest BCUT2D eigenvalue weighted by Gasteiger charge is -2.29. The summed E-state index contributed by atoms with van der Waals surface area (Å²) in [7, 11) is 2.21. The third-order valence-corrected chi connectivity index (χ3v) is 3.65. The number of hydrogen-bond acceptors (Lipinski definition) is 6. The van der Waals surface area contributed by atoms with Crippen molar-refractivity contribution < 1.29 is 29.0 Å². The minimum atomic E-state index is -0.958. The predicted octanol–water partition coefficient (Wildman–Crippen LogP) is 1.70. The van der Waals surface area contributed by atoms with Crippen LogP contribution in [0.5, 0.6) is 0 Å². The Labute approximate surface area is 143 Å². The fraction of sp³-hybridized carbons (Fsp3) is 0.647. The molecule has 1 aliphatic rings. The van der Waals surface area contributed by atoms with E-state index in [9.17, 15) is 14.4 Å². The monoisotopic (exact) mass is 343 g/mol. The van der Waals surface area contributed by atoms with Gasteiger partial charge in [0.15, 0.2) is 6.29 Å². The second kappa shape index (κ2) is 13.4. The SMILES string of the molecule is C=CC(=O)OCC(C)(C)C(=O)C=O.CC1CCCCN1C.O=CO. The molecule has 0 amide bonds. The van der Waals surface area contributed by atoms with Crippen molar-refractivity contribution in [1.82, 2.24) is 4.90 Å². The number of rotatable bonds is 5. The molecule has 1 rings (SSSR count). The largest absolute Gasteiger partial charge is 0.483 e. The molecule has 1 saturated heterocycles. The van der Waals surface area contributed by atoms with Gasteiger partial charge >= 0.3 is 5.97 Å². The van der Waals surface area contributed by atoms with Crippen molar-refractivity contribution in [3.8, 4) is 0 Å². The number of carboxylic acid groups (broad SMARTS) is 1. The normalized spacial score (nSPS) is 17.1. The molecule has 1 fully saturated rings. The number of carbonyl (C=O) groups is 4. The topological polar surface area (TPSA) is 101 Å². The quantitative estimate of drug-likeness (QED) is 0.351. The van der Waals surface area contributed by atoms with Gasteiger partial charge in [-0.05, 0) is 47.2 Å². The van der Waals surface area contributed by atoms with Crippen LogP contribution in [0.3, 0.4) is 0 Å². The number of carbonyl (C=O) groups excluding carboxylic acids is 3. The Balaban J connectivity index is 0. The number of nitrogens with zero attached hydrogens (tertiary/aromatic N) is 1. The summed E-state index contributed by atoms with van der Waals surface area (Å²) in [5.74, 6) is -1.20. The fourth-order valence-electron chi connectivity index (χ4n) is 1.78. The molecule has 0 spiro atoms. The maximum Gasteiger partial charge on any atom is 0.330 e. The zero-order valence-electron chi connectivity index (χ0n) is 15.0. The van der Waals surface area contributed by atoms with Crippen molar-refractivity contribution >= 4 is 24.5 Å². The highest BCUT2D eigenvalue weighted by atomic mass is 16.5. The molecule has 1 aliphatic heterocycles. The third-order valence-electron chi connectivity index (χ3n) is 3.65. The summed E-state index contributed by atoms with van der Waals surface area (Å²) in [5.41, 5.74) is -0.958. The smallest absolute Gasteiger partial charge is 0.330 e. The van der Waals surface area contributed by atoms with Crippen molar-refractivity contribution in [2.45, 2.75) is 46.1 Å². The number of esters is 1. The number of likely N-dealkylation sites (tertiary alicyclic amines) is 1. The summed E-state index contributed by atoms with van der Waals surface area (Å²) in [4.78, 5) is 42.5. The molecule has 0 bridgehead atoms. The average Bonchev–Trinajstić information content (AvgIpc) is 2.56. The van der Waals surface area contributed by atoms with E-state index in [0.717, 1.165) is 12.1 Å². The maximum absolute atomic E-state index is 10.9. The van der Waals surface area contributed by atoms with Gasteiger partial charge in [-0.3, -0.25) is 14.4 Å². The van der Waals surface area contributed by atoms with Gasteiger partial charge in [-0.1, -0.05) is 13.0 Å². The van der Waals surface area contributed by atoms with Gasteiger partial charge in [-0.2, -0.15) is 0 Å². The van der Waals surface area contributed by atoms with Crippen LogP contribution in [-0.4, -0.2) is 60.8 Å². The van der Waals surface area contributed by atoms with Crippen LogP contribution in [0.15, 0.2) is 12.7 Å².